The lowest BCUT2D eigenvalue weighted by Crippen LogP contribution is -2.50. The van der Waals surface area contributed by atoms with Gasteiger partial charge in [-0.25, -0.2) is 0 Å². The maximum absolute atomic E-state index is 11.6. The van der Waals surface area contributed by atoms with Crippen molar-refractivity contribution < 1.29 is 14.4 Å². The van der Waals surface area contributed by atoms with Crippen LogP contribution in [0.5, 0.6) is 0 Å². The number of halogens is 3. The zero-order chi connectivity index (χ0) is 12.1. The minimum atomic E-state index is -1.60. The van der Waals surface area contributed by atoms with E-state index in [1.54, 1.807) is 0 Å². The molecule has 2 bridgehead atoms. The van der Waals surface area contributed by atoms with Gasteiger partial charge >= 0.3 is 0 Å². The van der Waals surface area contributed by atoms with Crippen LogP contribution in [0.2, 0.25) is 0 Å². The van der Waals surface area contributed by atoms with E-state index >= 15 is 0 Å². The van der Waals surface area contributed by atoms with E-state index in [1.807, 2.05) is 0 Å². The maximum Gasteiger partial charge on any atom is 0.237 e. The van der Waals surface area contributed by atoms with Crippen LogP contribution >= 0.6 is 34.8 Å². The smallest absolute Gasteiger partial charge is 0.237 e. The zero-order valence-electron chi connectivity index (χ0n) is 8.26. The molecule has 0 spiro atoms. The molecule has 2 saturated carbocycles. The molecule has 0 radical (unpaired) electrons. The Morgan fingerprint density at radius 1 is 0.938 bits per heavy atom. The predicted octanol–water partition coefficient (Wildman–Crippen LogP) is 2.46. The standard InChI is InChI=1S/C10H9Cl3O3/c11-6(14)9-2-1-5(3-9)4-10(9,7(12)15)8(13)16/h5H,1-4H2. The molecule has 2 rings (SSSR count). The largest absolute Gasteiger partial charge is 0.281 e. The fourth-order valence-electron chi connectivity index (χ4n) is 3.30. The van der Waals surface area contributed by atoms with Gasteiger partial charge in [0.2, 0.25) is 15.7 Å². The second kappa shape index (κ2) is 3.69. The van der Waals surface area contributed by atoms with Crippen molar-refractivity contribution in [2.24, 2.45) is 16.7 Å². The fraction of sp³-hybridized carbons (Fsp3) is 0.700. The van der Waals surface area contributed by atoms with Crippen LogP contribution in [-0.2, 0) is 14.4 Å². The second-order valence-electron chi connectivity index (χ2n) is 4.62. The average Bonchev–Trinajstić information content (AvgIpc) is 2.73. The number of carbonyl (C=O) groups excluding carboxylic acids is 3. The molecular formula is C10H9Cl3O3. The normalized spacial score (nSPS) is 35.1. The summed E-state index contributed by atoms with van der Waals surface area (Å²) in [4.78, 5) is 34.7. The Morgan fingerprint density at radius 2 is 1.50 bits per heavy atom. The SMILES string of the molecule is O=C(Cl)C12CCC(C1)CC2(C(=O)Cl)C(=O)Cl. The molecule has 0 aromatic rings. The Labute approximate surface area is 107 Å². The Bertz CT molecular complexity index is 379. The van der Waals surface area contributed by atoms with Crippen molar-refractivity contribution in [3.63, 3.8) is 0 Å². The molecule has 0 N–H and O–H groups in total. The fourth-order valence-corrected chi connectivity index (χ4v) is 4.37. The third-order valence-electron chi connectivity index (χ3n) is 4.08. The van der Waals surface area contributed by atoms with Crippen LogP contribution in [0, 0.1) is 16.7 Å². The van der Waals surface area contributed by atoms with Crippen LogP contribution in [0.25, 0.3) is 0 Å². The number of carbonyl (C=O) groups is 3. The van der Waals surface area contributed by atoms with E-state index in [1.165, 1.54) is 0 Å². The summed E-state index contributed by atoms with van der Waals surface area (Å²) < 4.78 is 0. The highest BCUT2D eigenvalue weighted by Crippen LogP contribution is 2.66. The van der Waals surface area contributed by atoms with Gasteiger partial charge in [0.25, 0.3) is 0 Å². The first-order chi connectivity index (χ1) is 7.37. The van der Waals surface area contributed by atoms with Gasteiger partial charge < -0.3 is 0 Å². The molecule has 2 aliphatic carbocycles. The molecule has 6 heteroatoms. The van der Waals surface area contributed by atoms with Gasteiger partial charge in [0, 0.05) is 0 Å². The summed E-state index contributed by atoms with van der Waals surface area (Å²) in [5.74, 6) is 0.132. The third-order valence-corrected chi connectivity index (χ3v) is 5.08. The first-order valence-electron chi connectivity index (χ1n) is 4.96. The molecular weight excluding hydrogens is 274 g/mol. The summed E-state index contributed by atoms with van der Waals surface area (Å²) in [5.41, 5.74) is -2.77. The van der Waals surface area contributed by atoms with Gasteiger partial charge in [-0.1, -0.05) is 0 Å². The topological polar surface area (TPSA) is 51.2 Å². The number of rotatable bonds is 3. The number of hydrogen-bond acceptors (Lipinski definition) is 3. The van der Waals surface area contributed by atoms with Gasteiger partial charge in [-0.15, -0.1) is 0 Å². The molecule has 0 aromatic carbocycles. The van der Waals surface area contributed by atoms with Crippen molar-refractivity contribution in [3.05, 3.63) is 0 Å². The van der Waals surface area contributed by atoms with Gasteiger partial charge in [-0.05, 0) is 66.4 Å². The van der Waals surface area contributed by atoms with E-state index in [2.05, 4.69) is 0 Å². The van der Waals surface area contributed by atoms with Gasteiger partial charge in [-0.3, -0.25) is 14.4 Å². The summed E-state index contributed by atoms with van der Waals surface area (Å²) in [6, 6.07) is 0. The highest BCUT2D eigenvalue weighted by Gasteiger charge is 2.71. The van der Waals surface area contributed by atoms with E-state index < -0.39 is 26.6 Å². The Morgan fingerprint density at radius 3 is 1.81 bits per heavy atom. The lowest BCUT2D eigenvalue weighted by Gasteiger charge is -2.38. The van der Waals surface area contributed by atoms with Crippen molar-refractivity contribution in [1.29, 1.82) is 0 Å². The maximum atomic E-state index is 11.6. The minimum absolute atomic E-state index is 0.132. The van der Waals surface area contributed by atoms with Crippen LogP contribution < -0.4 is 0 Å². The lowest BCUT2D eigenvalue weighted by atomic mass is 9.64. The van der Waals surface area contributed by atoms with Crippen LogP contribution in [0.3, 0.4) is 0 Å². The van der Waals surface area contributed by atoms with Crippen molar-refractivity contribution in [2.45, 2.75) is 25.7 Å². The molecule has 3 nitrogen and oxygen atoms in total. The van der Waals surface area contributed by atoms with Crippen LogP contribution in [0.4, 0.5) is 0 Å². The van der Waals surface area contributed by atoms with Gasteiger partial charge in [0.1, 0.15) is 5.41 Å². The molecule has 2 fully saturated rings. The van der Waals surface area contributed by atoms with Gasteiger partial charge in [0.05, 0.1) is 5.41 Å². The van der Waals surface area contributed by atoms with Gasteiger partial charge in [0.15, 0.2) is 0 Å². The first-order valence-corrected chi connectivity index (χ1v) is 6.10. The zero-order valence-corrected chi connectivity index (χ0v) is 10.5. The van der Waals surface area contributed by atoms with E-state index in [9.17, 15) is 14.4 Å². The molecule has 0 saturated heterocycles. The second-order valence-corrected chi connectivity index (χ2v) is 5.65. The van der Waals surface area contributed by atoms with Crippen LogP contribution in [-0.4, -0.2) is 15.7 Å². The summed E-state index contributed by atoms with van der Waals surface area (Å²) in [6.45, 7) is 0. The highest BCUT2D eigenvalue weighted by atomic mass is 35.5. The quantitative estimate of drug-likeness (QED) is 0.590. The first kappa shape index (κ1) is 12.3. The molecule has 2 aliphatic rings. The van der Waals surface area contributed by atoms with E-state index in [4.69, 9.17) is 34.8 Å². The molecule has 16 heavy (non-hydrogen) atoms. The van der Waals surface area contributed by atoms with Crippen molar-refractivity contribution in [3.8, 4) is 0 Å². The van der Waals surface area contributed by atoms with Crippen molar-refractivity contribution in [1.82, 2.24) is 0 Å². The monoisotopic (exact) mass is 282 g/mol. The highest BCUT2D eigenvalue weighted by molar-refractivity contribution is 6.76. The Balaban J connectivity index is 2.59. The summed E-state index contributed by atoms with van der Waals surface area (Å²) in [5, 5.41) is -2.39. The van der Waals surface area contributed by atoms with E-state index in [-0.39, 0.29) is 12.3 Å². The molecule has 2 atom stereocenters. The number of hydrogen-bond donors (Lipinski definition) is 0. The summed E-state index contributed by atoms with van der Waals surface area (Å²) in [6.07, 6.45) is 1.88. The Hall–Kier alpha value is -0.120. The molecule has 0 aliphatic heterocycles. The predicted molar refractivity (Wildman–Crippen MR) is 59.4 cm³/mol. The molecule has 2 unspecified atom stereocenters. The lowest BCUT2D eigenvalue weighted by molar-refractivity contribution is -0.146. The van der Waals surface area contributed by atoms with E-state index in [0.29, 0.717) is 12.8 Å². The van der Waals surface area contributed by atoms with Crippen molar-refractivity contribution in [2.75, 3.05) is 0 Å². The Kier molecular flexibility index (Phi) is 2.84. The van der Waals surface area contributed by atoms with Crippen molar-refractivity contribution >= 4 is 50.5 Å². The molecule has 0 amide bonds. The minimum Gasteiger partial charge on any atom is -0.281 e. The molecule has 0 heterocycles. The van der Waals surface area contributed by atoms with E-state index in [0.717, 1.165) is 6.42 Å². The summed E-state index contributed by atoms with van der Waals surface area (Å²) >= 11 is 16.6. The van der Waals surface area contributed by atoms with Crippen LogP contribution in [0.15, 0.2) is 0 Å². The van der Waals surface area contributed by atoms with Crippen LogP contribution in [0.1, 0.15) is 25.7 Å². The van der Waals surface area contributed by atoms with Gasteiger partial charge in [-0.2, -0.15) is 0 Å². The molecule has 88 valence electrons. The third kappa shape index (κ3) is 1.25. The molecule has 0 aromatic heterocycles. The number of fused-ring (bicyclic) bond motifs is 2. The average molecular weight is 284 g/mol. The summed E-state index contributed by atoms with van der Waals surface area (Å²) in [7, 11) is 0.